The normalized spacial score (nSPS) is 29.4. The zero-order valence-electron chi connectivity index (χ0n) is 39.3. The van der Waals surface area contributed by atoms with Crippen molar-refractivity contribution < 1.29 is 82.1 Å². The van der Waals surface area contributed by atoms with Gasteiger partial charge in [0, 0.05) is 37.7 Å². The minimum Gasteiger partial charge on any atom is -0.481 e. The number of hydrogen-bond donors (Lipinski definition) is 4. The van der Waals surface area contributed by atoms with Gasteiger partial charge in [-0.3, -0.25) is 28.8 Å². The molecule has 7 rings (SSSR count). The molecule has 3 aromatic rings. The van der Waals surface area contributed by atoms with Crippen LogP contribution in [0.4, 0.5) is 0 Å². The van der Waals surface area contributed by atoms with E-state index in [1.165, 1.54) is 52.0 Å². The van der Waals surface area contributed by atoms with Crippen molar-refractivity contribution in [3.8, 4) is 0 Å². The summed E-state index contributed by atoms with van der Waals surface area (Å²) < 4.78 is 36.4. The van der Waals surface area contributed by atoms with Crippen LogP contribution >= 0.6 is 11.8 Å². The predicted octanol–water partition coefficient (Wildman–Crippen LogP) is 4.10. The highest BCUT2D eigenvalue weighted by Crippen LogP contribution is 2.64. The van der Waals surface area contributed by atoms with Gasteiger partial charge in [-0.2, -0.15) is 0 Å². The molecule has 18 nitrogen and oxygen atoms in total. The Balaban J connectivity index is 1.41. The van der Waals surface area contributed by atoms with Crippen molar-refractivity contribution in [1.29, 1.82) is 0 Å². The topological polar surface area (TPSA) is 265 Å². The van der Waals surface area contributed by atoms with Crippen LogP contribution in [-0.2, 0) is 57.2 Å². The molecule has 0 aromatic heterocycles. The van der Waals surface area contributed by atoms with E-state index in [1.54, 1.807) is 66.7 Å². The van der Waals surface area contributed by atoms with Crippen molar-refractivity contribution in [3.63, 3.8) is 0 Å². The number of esters is 5. The van der Waals surface area contributed by atoms with Gasteiger partial charge in [0.2, 0.25) is 6.10 Å². The molecule has 0 spiro atoms. The van der Waals surface area contributed by atoms with Crippen LogP contribution in [0.25, 0.3) is 0 Å². The van der Waals surface area contributed by atoms with Gasteiger partial charge in [-0.15, -0.1) is 11.8 Å². The molecular formula is C51H55NO17S. The van der Waals surface area contributed by atoms with E-state index in [0.717, 1.165) is 13.8 Å². The molecule has 1 amide bonds. The quantitative estimate of drug-likeness (QED) is 0.0949. The first kappa shape index (κ1) is 51.4. The average molecular weight is 986 g/mol. The first-order chi connectivity index (χ1) is 33.1. The lowest BCUT2D eigenvalue weighted by Crippen LogP contribution is -2.82. The third-order valence-electron chi connectivity index (χ3n) is 14.2. The Labute approximate surface area is 407 Å². The van der Waals surface area contributed by atoms with Gasteiger partial charge >= 0.3 is 35.8 Å². The Morgan fingerprint density at radius 1 is 0.829 bits per heavy atom. The van der Waals surface area contributed by atoms with E-state index in [1.807, 2.05) is 0 Å². The van der Waals surface area contributed by atoms with Gasteiger partial charge in [-0.05, 0) is 54.8 Å². The first-order valence-electron chi connectivity index (χ1n) is 22.6. The van der Waals surface area contributed by atoms with E-state index in [0.29, 0.717) is 11.8 Å². The summed E-state index contributed by atoms with van der Waals surface area (Å²) in [7, 11) is 0. The van der Waals surface area contributed by atoms with Crippen LogP contribution < -0.4 is 5.32 Å². The molecule has 3 aromatic carbocycles. The number of ether oxygens (including phenoxy) is 6. The zero-order chi connectivity index (χ0) is 50.9. The number of carboxylic acids is 1. The monoisotopic (exact) mass is 985 g/mol. The minimum atomic E-state index is -2.49. The lowest BCUT2D eigenvalue weighted by atomic mass is 9.44. The molecule has 0 unspecified atom stereocenters. The fourth-order valence-corrected chi connectivity index (χ4v) is 11.2. The Kier molecular flexibility index (Phi) is 14.8. The molecule has 3 aliphatic carbocycles. The lowest BCUT2D eigenvalue weighted by molar-refractivity contribution is -0.346. The maximum absolute atomic E-state index is 15.7. The molecule has 19 heteroatoms. The van der Waals surface area contributed by atoms with Gasteiger partial charge in [0.05, 0.1) is 41.1 Å². The van der Waals surface area contributed by atoms with E-state index in [-0.39, 0.29) is 40.9 Å². The highest BCUT2D eigenvalue weighted by Gasteiger charge is 2.78. The van der Waals surface area contributed by atoms with Gasteiger partial charge in [0.25, 0.3) is 5.91 Å². The third-order valence-corrected chi connectivity index (χ3v) is 15.1. The molecule has 372 valence electrons. The summed E-state index contributed by atoms with van der Waals surface area (Å²) in [5.41, 5.74) is -7.70. The maximum Gasteiger partial charge on any atom is 0.350 e. The second-order valence-corrected chi connectivity index (χ2v) is 19.7. The van der Waals surface area contributed by atoms with Gasteiger partial charge < -0.3 is 49.1 Å². The molecule has 0 radical (unpaired) electrons. The Morgan fingerprint density at radius 2 is 1.43 bits per heavy atom. The molecule has 4 aliphatic rings. The van der Waals surface area contributed by atoms with E-state index < -0.39 is 136 Å². The smallest absolute Gasteiger partial charge is 0.350 e. The summed E-state index contributed by atoms with van der Waals surface area (Å²) in [6, 6.07) is 22.2. The molecule has 11 atom stereocenters. The minimum absolute atomic E-state index is 0.0255. The highest BCUT2D eigenvalue weighted by molar-refractivity contribution is 8.00. The van der Waals surface area contributed by atoms with Gasteiger partial charge in [-0.25, -0.2) is 9.59 Å². The SMILES string of the molecule is CC(=O)O[C@H]1C(=O)[C@@]2(C)[C@H]([C@H](OC(=O)c3ccccc3)[C@]3(O)C[C@H](OC(=O)[C@H](OC(=O)CSCC(=O)O)[C@@H](NC(=O)c4ccccc4)c4ccccc4)C(C)=C1C3(C)C)[C@]1(OC(C)=O)CO[C@@H]1C[C@@H]2O. The summed E-state index contributed by atoms with van der Waals surface area (Å²) in [5, 5.41) is 38.1. The Bertz CT molecular complexity index is 2570. The molecule has 1 saturated heterocycles. The fourth-order valence-electron chi connectivity index (χ4n) is 10.7. The number of aliphatic hydroxyl groups excluding tert-OH is 1. The highest BCUT2D eigenvalue weighted by atomic mass is 32.2. The number of carboxylic acid groups (broad SMARTS) is 1. The molecule has 3 fully saturated rings. The predicted molar refractivity (Wildman–Crippen MR) is 247 cm³/mol. The molecule has 70 heavy (non-hydrogen) atoms. The van der Waals surface area contributed by atoms with Crippen LogP contribution in [0.1, 0.15) is 86.7 Å². The second-order valence-electron chi connectivity index (χ2n) is 18.7. The Hall–Kier alpha value is -6.41. The number of hydrogen-bond acceptors (Lipinski definition) is 17. The van der Waals surface area contributed by atoms with Crippen molar-refractivity contribution in [2.24, 2.45) is 16.7 Å². The van der Waals surface area contributed by atoms with Crippen LogP contribution in [0.5, 0.6) is 0 Å². The molecule has 4 N–H and O–H groups in total. The van der Waals surface area contributed by atoms with E-state index in [4.69, 9.17) is 28.4 Å². The number of nitrogens with one attached hydrogen (secondary N) is 1. The number of carbonyl (C=O) groups is 8. The zero-order valence-corrected chi connectivity index (χ0v) is 40.1. The average Bonchev–Trinajstić information content (AvgIpc) is 3.31. The molecule has 2 bridgehead atoms. The van der Waals surface area contributed by atoms with E-state index in [9.17, 15) is 44.1 Å². The second kappa shape index (κ2) is 20.1. The summed E-state index contributed by atoms with van der Waals surface area (Å²) in [5.74, 6) is -10.5. The van der Waals surface area contributed by atoms with E-state index >= 15 is 9.59 Å². The van der Waals surface area contributed by atoms with Gasteiger partial charge in [0.1, 0.15) is 30.0 Å². The lowest BCUT2D eigenvalue weighted by Gasteiger charge is -2.67. The number of aliphatic hydroxyl groups is 2. The first-order valence-corrected chi connectivity index (χ1v) is 23.7. The Morgan fingerprint density at radius 3 is 1.99 bits per heavy atom. The number of Topliss-reactive ketones (excluding diaryl/α,β-unsaturated/α-hetero) is 1. The third kappa shape index (κ3) is 9.46. The number of ketones is 1. The number of rotatable bonds is 15. The molecule has 2 saturated carbocycles. The number of benzene rings is 3. The summed E-state index contributed by atoms with van der Waals surface area (Å²) in [6.07, 6.45) is -11.0. The van der Waals surface area contributed by atoms with Crippen LogP contribution in [0.15, 0.2) is 102 Å². The number of carbonyl (C=O) groups excluding carboxylic acids is 7. The maximum atomic E-state index is 15.7. The molecule has 1 aliphatic heterocycles. The number of fused-ring (bicyclic) bond motifs is 5. The number of thioether (sulfide) groups is 1. The van der Waals surface area contributed by atoms with Crippen LogP contribution in [0, 0.1) is 16.7 Å². The summed E-state index contributed by atoms with van der Waals surface area (Å²) in [6.45, 7) is 7.72. The molecule has 1 heterocycles. The summed E-state index contributed by atoms with van der Waals surface area (Å²) >= 11 is 0.691. The van der Waals surface area contributed by atoms with Crippen molar-refractivity contribution >= 4 is 59.3 Å². The standard InChI is InChI=1S/C51H55NO17S/c1-27-33(66-47(62)41(67-37(58)25-70-24-36(56)57)39(30-16-10-7-11-17-30)52-45(60)31-18-12-8-13-19-31)23-51(63)44(68-46(61)32-20-14-9-15-21-32)42-49(6,34(55)22-35-50(42,26-64-35)69-29(3)54)43(59)40(65-28(2)53)38(27)48(51,4)5/h7-21,33-35,39-42,44,55,63H,22-26H2,1-6H3,(H,52,60)(H,56,57)/t33-,34-,35+,39-,40+,41+,42-,44-,49+,50-,51+/m0/s1. The number of amides is 1. The summed E-state index contributed by atoms with van der Waals surface area (Å²) in [4.78, 5) is 110. The van der Waals surface area contributed by atoms with Crippen LogP contribution in [0.3, 0.4) is 0 Å². The van der Waals surface area contributed by atoms with Gasteiger partial charge in [0.15, 0.2) is 17.5 Å². The van der Waals surface area contributed by atoms with Crippen molar-refractivity contribution in [3.05, 3.63) is 119 Å². The van der Waals surface area contributed by atoms with Crippen molar-refractivity contribution in [2.45, 2.75) is 108 Å². The van der Waals surface area contributed by atoms with Crippen molar-refractivity contribution in [1.82, 2.24) is 5.32 Å². The van der Waals surface area contributed by atoms with Gasteiger partial charge in [-0.1, -0.05) is 80.6 Å². The van der Waals surface area contributed by atoms with Crippen LogP contribution in [0.2, 0.25) is 0 Å². The molecular weight excluding hydrogens is 931 g/mol. The van der Waals surface area contributed by atoms with Crippen LogP contribution in [-0.4, -0.2) is 129 Å². The van der Waals surface area contributed by atoms with E-state index in [2.05, 4.69) is 5.32 Å². The number of aliphatic carboxylic acids is 1. The fraction of sp³-hybridized carbons (Fsp3) is 0.451. The largest absolute Gasteiger partial charge is 0.481 e. The van der Waals surface area contributed by atoms with Crippen molar-refractivity contribution in [2.75, 3.05) is 18.1 Å².